The molecule has 0 spiro atoms. The summed E-state index contributed by atoms with van der Waals surface area (Å²) in [6.45, 7) is 5.36. The van der Waals surface area contributed by atoms with Gasteiger partial charge in [0.15, 0.2) is 0 Å². The van der Waals surface area contributed by atoms with Crippen molar-refractivity contribution >= 4 is 6.09 Å². The van der Waals surface area contributed by atoms with Gasteiger partial charge in [0.25, 0.3) is 0 Å². The maximum Gasteiger partial charge on any atom is 0.411 e. The SMILES string of the molecule is CC(C)(C)OC(=O)N/C=C/C=C\CO. The summed E-state index contributed by atoms with van der Waals surface area (Å²) in [5.41, 5.74) is -0.487. The average molecular weight is 199 g/mol. The van der Waals surface area contributed by atoms with E-state index >= 15 is 0 Å². The van der Waals surface area contributed by atoms with E-state index in [0.29, 0.717) is 0 Å². The quantitative estimate of drug-likeness (QED) is 0.678. The Bertz CT molecular complexity index is 226. The fourth-order valence-corrected chi connectivity index (χ4v) is 0.619. The van der Waals surface area contributed by atoms with Gasteiger partial charge >= 0.3 is 6.09 Å². The smallest absolute Gasteiger partial charge is 0.411 e. The van der Waals surface area contributed by atoms with Crippen LogP contribution in [0.1, 0.15) is 20.8 Å². The predicted octanol–water partition coefficient (Wildman–Crippen LogP) is 1.57. The van der Waals surface area contributed by atoms with Gasteiger partial charge in [0.1, 0.15) is 5.60 Å². The van der Waals surface area contributed by atoms with Crippen molar-refractivity contribution in [3.63, 3.8) is 0 Å². The van der Waals surface area contributed by atoms with Gasteiger partial charge in [-0.25, -0.2) is 4.79 Å². The molecule has 0 saturated carbocycles. The van der Waals surface area contributed by atoms with E-state index in [9.17, 15) is 4.79 Å². The van der Waals surface area contributed by atoms with Crippen LogP contribution in [-0.4, -0.2) is 23.4 Å². The van der Waals surface area contributed by atoms with Crippen molar-refractivity contribution in [1.82, 2.24) is 5.32 Å². The molecule has 80 valence electrons. The summed E-state index contributed by atoms with van der Waals surface area (Å²) in [4.78, 5) is 11.0. The third-order valence-electron chi connectivity index (χ3n) is 1.05. The Morgan fingerprint density at radius 3 is 2.57 bits per heavy atom. The summed E-state index contributed by atoms with van der Waals surface area (Å²) in [5.74, 6) is 0. The minimum absolute atomic E-state index is 0.0171. The average Bonchev–Trinajstić information content (AvgIpc) is 2.00. The summed E-state index contributed by atoms with van der Waals surface area (Å²) in [5, 5.41) is 10.8. The van der Waals surface area contributed by atoms with Crippen LogP contribution in [0.25, 0.3) is 0 Å². The van der Waals surface area contributed by atoms with Gasteiger partial charge in [-0.1, -0.05) is 12.2 Å². The van der Waals surface area contributed by atoms with Crippen molar-refractivity contribution in [3.8, 4) is 0 Å². The second-order valence-electron chi connectivity index (χ2n) is 3.62. The Morgan fingerprint density at radius 1 is 1.43 bits per heavy atom. The molecule has 0 atom stereocenters. The lowest BCUT2D eigenvalue weighted by Crippen LogP contribution is -2.29. The molecular formula is C10H17NO3. The summed E-state index contributed by atoms with van der Waals surface area (Å²) in [6, 6.07) is 0. The Hall–Kier alpha value is -1.29. The molecule has 0 heterocycles. The molecular weight excluding hydrogens is 182 g/mol. The van der Waals surface area contributed by atoms with Crippen LogP contribution in [0.3, 0.4) is 0 Å². The molecule has 0 aromatic rings. The van der Waals surface area contributed by atoms with Gasteiger partial charge in [0.05, 0.1) is 6.61 Å². The first-order valence-electron chi connectivity index (χ1n) is 4.38. The number of hydrogen-bond donors (Lipinski definition) is 2. The Balaban J connectivity index is 3.75. The molecule has 14 heavy (non-hydrogen) atoms. The van der Waals surface area contributed by atoms with Gasteiger partial charge in [0, 0.05) is 6.20 Å². The van der Waals surface area contributed by atoms with Crippen molar-refractivity contribution in [2.24, 2.45) is 0 Å². The zero-order valence-electron chi connectivity index (χ0n) is 8.78. The van der Waals surface area contributed by atoms with E-state index < -0.39 is 11.7 Å². The Morgan fingerprint density at radius 2 is 2.07 bits per heavy atom. The first-order valence-corrected chi connectivity index (χ1v) is 4.38. The molecule has 0 fully saturated rings. The van der Waals surface area contributed by atoms with Crippen LogP contribution in [0.5, 0.6) is 0 Å². The lowest BCUT2D eigenvalue weighted by Gasteiger charge is -2.18. The van der Waals surface area contributed by atoms with Gasteiger partial charge in [-0.05, 0) is 26.8 Å². The number of rotatable bonds is 3. The lowest BCUT2D eigenvalue weighted by atomic mass is 10.2. The summed E-state index contributed by atoms with van der Waals surface area (Å²) in [7, 11) is 0. The minimum Gasteiger partial charge on any atom is -0.444 e. The van der Waals surface area contributed by atoms with E-state index in [0.717, 1.165) is 0 Å². The third-order valence-corrected chi connectivity index (χ3v) is 1.05. The van der Waals surface area contributed by atoms with Crippen LogP contribution in [0.4, 0.5) is 4.79 Å². The molecule has 0 aliphatic carbocycles. The van der Waals surface area contributed by atoms with Crippen molar-refractivity contribution < 1.29 is 14.6 Å². The number of amides is 1. The number of allylic oxidation sites excluding steroid dienone is 2. The summed E-state index contributed by atoms with van der Waals surface area (Å²) >= 11 is 0. The second kappa shape index (κ2) is 6.21. The van der Waals surface area contributed by atoms with Gasteiger partial charge < -0.3 is 9.84 Å². The fourth-order valence-electron chi connectivity index (χ4n) is 0.619. The number of aliphatic hydroxyl groups is 1. The molecule has 1 amide bonds. The van der Waals surface area contributed by atoms with Gasteiger partial charge in [-0.15, -0.1) is 0 Å². The molecule has 4 heteroatoms. The normalized spacial score (nSPS) is 12.3. The number of alkyl carbamates (subject to hydrolysis) is 1. The number of ether oxygens (including phenoxy) is 1. The highest BCUT2D eigenvalue weighted by Crippen LogP contribution is 2.06. The summed E-state index contributed by atoms with van der Waals surface area (Å²) < 4.78 is 4.97. The second-order valence-corrected chi connectivity index (χ2v) is 3.62. The maximum atomic E-state index is 11.0. The van der Waals surface area contributed by atoms with E-state index in [-0.39, 0.29) is 6.61 Å². The zero-order valence-corrected chi connectivity index (χ0v) is 8.78. The molecule has 0 rings (SSSR count). The van der Waals surface area contributed by atoms with Crippen LogP contribution in [0.15, 0.2) is 24.4 Å². The molecule has 0 saturated heterocycles. The van der Waals surface area contributed by atoms with Crippen LogP contribution in [0, 0.1) is 0 Å². The molecule has 2 N–H and O–H groups in total. The molecule has 0 aliphatic rings. The Kier molecular flexibility index (Phi) is 5.64. The van der Waals surface area contributed by atoms with Crippen molar-refractivity contribution in [2.75, 3.05) is 6.61 Å². The third kappa shape index (κ3) is 8.80. The molecule has 0 unspecified atom stereocenters. The number of carbonyl (C=O) groups excluding carboxylic acids is 1. The van der Waals surface area contributed by atoms with Crippen LogP contribution in [0.2, 0.25) is 0 Å². The van der Waals surface area contributed by atoms with Crippen molar-refractivity contribution in [2.45, 2.75) is 26.4 Å². The van der Waals surface area contributed by atoms with E-state index in [1.165, 1.54) is 6.20 Å². The minimum atomic E-state index is -0.494. The highest BCUT2D eigenvalue weighted by atomic mass is 16.6. The lowest BCUT2D eigenvalue weighted by molar-refractivity contribution is 0.0552. The number of nitrogens with one attached hydrogen (secondary N) is 1. The van der Waals surface area contributed by atoms with Crippen LogP contribution in [-0.2, 0) is 4.74 Å². The van der Waals surface area contributed by atoms with E-state index in [4.69, 9.17) is 9.84 Å². The van der Waals surface area contributed by atoms with Gasteiger partial charge in [0.2, 0.25) is 0 Å². The maximum absolute atomic E-state index is 11.0. The molecule has 4 nitrogen and oxygen atoms in total. The van der Waals surface area contributed by atoms with Gasteiger partial charge in [-0.3, -0.25) is 5.32 Å². The number of aliphatic hydroxyl groups excluding tert-OH is 1. The van der Waals surface area contributed by atoms with E-state index in [1.54, 1.807) is 39.0 Å². The topological polar surface area (TPSA) is 58.6 Å². The molecule has 0 aromatic carbocycles. The molecule has 0 radical (unpaired) electrons. The first kappa shape index (κ1) is 12.7. The van der Waals surface area contributed by atoms with Crippen molar-refractivity contribution in [1.29, 1.82) is 0 Å². The predicted molar refractivity (Wildman–Crippen MR) is 54.7 cm³/mol. The highest BCUT2D eigenvalue weighted by molar-refractivity contribution is 5.68. The molecule has 0 bridgehead atoms. The Labute approximate surface area is 84.3 Å². The zero-order chi connectivity index (χ0) is 11.0. The van der Waals surface area contributed by atoms with Crippen LogP contribution < -0.4 is 5.32 Å². The first-order chi connectivity index (χ1) is 6.45. The van der Waals surface area contributed by atoms with Gasteiger partial charge in [-0.2, -0.15) is 0 Å². The summed E-state index contributed by atoms with van der Waals surface area (Å²) in [6.07, 6.45) is 5.72. The number of hydrogen-bond acceptors (Lipinski definition) is 3. The van der Waals surface area contributed by atoms with Crippen LogP contribution >= 0.6 is 0 Å². The van der Waals surface area contributed by atoms with Crippen molar-refractivity contribution in [3.05, 3.63) is 24.4 Å². The monoisotopic (exact) mass is 199 g/mol. The fraction of sp³-hybridized carbons (Fsp3) is 0.500. The molecule has 0 aromatic heterocycles. The highest BCUT2D eigenvalue weighted by Gasteiger charge is 2.14. The van der Waals surface area contributed by atoms with E-state index in [2.05, 4.69) is 5.32 Å². The molecule has 0 aliphatic heterocycles. The standard InChI is InChI=1S/C10H17NO3/c1-10(2,3)14-9(13)11-7-5-4-6-8-12/h4-7,12H,8H2,1-3H3,(H,11,13)/b6-4-,7-5+. The van der Waals surface area contributed by atoms with E-state index in [1.807, 2.05) is 0 Å². The largest absolute Gasteiger partial charge is 0.444 e. The number of carbonyl (C=O) groups is 1.